The molecule has 0 saturated heterocycles. The Morgan fingerprint density at radius 1 is 1.15 bits per heavy atom. The van der Waals surface area contributed by atoms with Gasteiger partial charge in [0.15, 0.2) is 5.69 Å². The number of rotatable bonds is 5. The summed E-state index contributed by atoms with van der Waals surface area (Å²) in [4.78, 5) is 41.7. The summed E-state index contributed by atoms with van der Waals surface area (Å²) in [6, 6.07) is 9.16. The molecule has 0 spiro atoms. The molecule has 8 nitrogen and oxygen atoms in total. The average Bonchev–Trinajstić information content (AvgIpc) is 3.06. The summed E-state index contributed by atoms with van der Waals surface area (Å²) < 4.78 is 1.49. The first-order valence-corrected chi connectivity index (χ1v) is 12.7. The molecule has 1 fully saturated rings. The summed E-state index contributed by atoms with van der Waals surface area (Å²) in [7, 11) is 1.64. The average molecular weight is 470 g/mol. The van der Waals surface area contributed by atoms with Gasteiger partial charge in [-0.3, -0.25) is 19.1 Å². The zero-order valence-electron chi connectivity index (χ0n) is 19.4. The van der Waals surface area contributed by atoms with Crippen LogP contribution in [-0.2, 0) is 11.3 Å². The molecule has 1 aliphatic heterocycles. The van der Waals surface area contributed by atoms with Crippen molar-refractivity contribution in [2.45, 2.75) is 68.5 Å². The lowest BCUT2D eigenvalue weighted by atomic mass is 9.95. The fourth-order valence-electron chi connectivity index (χ4n) is 4.50. The van der Waals surface area contributed by atoms with E-state index in [1.807, 2.05) is 24.5 Å². The number of likely N-dealkylation sites (N-methyl/N-ethyl adjacent to an activating group) is 1. The second-order valence-electron chi connectivity index (χ2n) is 9.06. The molecule has 1 aliphatic carbocycles. The van der Waals surface area contributed by atoms with E-state index in [1.165, 1.54) is 28.5 Å². The topological polar surface area (TPSA) is 96.3 Å². The van der Waals surface area contributed by atoms with Crippen molar-refractivity contribution < 1.29 is 14.4 Å². The van der Waals surface area contributed by atoms with Gasteiger partial charge in [-0.2, -0.15) is 5.10 Å². The minimum Gasteiger partial charge on any atom is -0.351 e. The highest BCUT2D eigenvalue weighted by Crippen LogP contribution is 2.27. The second kappa shape index (κ2) is 9.59. The van der Waals surface area contributed by atoms with Crippen LogP contribution in [0.15, 0.2) is 35.2 Å². The van der Waals surface area contributed by atoms with Gasteiger partial charge in [-0.1, -0.05) is 31.7 Å². The Hall–Kier alpha value is -2.81. The predicted octanol–water partition coefficient (Wildman–Crippen LogP) is 3.54. The number of nitrogens with one attached hydrogen (secondary N) is 2. The minimum absolute atomic E-state index is 0.137. The highest BCUT2D eigenvalue weighted by molar-refractivity contribution is 7.98. The van der Waals surface area contributed by atoms with Crippen LogP contribution in [0.25, 0.3) is 0 Å². The van der Waals surface area contributed by atoms with E-state index in [-0.39, 0.29) is 30.1 Å². The second-order valence-corrected chi connectivity index (χ2v) is 9.94. The molecule has 2 heterocycles. The third kappa shape index (κ3) is 4.78. The Morgan fingerprint density at radius 2 is 1.88 bits per heavy atom. The van der Waals surface area contributed by atoms with Crippen molar-refractivity contribution >= 4 is 35.2 Å². The molecule has 33 heavy (non-hydrogen) atoms. The largest absolute Gasteiger partial charge is 0.351 e. The molecule has 1 aromatic carbocycles. The Kier molecular flexibility index (Phi) is 6.78. The van der Waals surface area contributed by atoms with E-state index >= 15 is 0 Å². The zero-order valence-corrected chi connectivity index (χ0v) is 20.2. The summed E-state index contributed by atoms with van der Waals surface area (Å²) in [5.74, 6) is -0.891. The van der Waals surface area contributed by atoms with E-state index in [1.54, 1.807) is 31.8 Å². The van der Waals surface area contributed by atoms with Crippen molar-refractivity contribution in [1.82, 2.24) is 20.0 Å². The van der Waals surface area contributed by atoms with Crippen LogP contribution in [0.2, 0.25) is 0 Å². The Balaban J connectivity index is 1.52. The fourth-order valence-corrected chi connectivity index (χ4v) is 4.96. The van der Waals surface area contributed by atoms with E-state index in [9.17, 15) is 14.4 Å². The van der Waals surface area contributed by atoms with Gasteiger partial charge < -0.3 is 15.5 Å². The molecular weight excluding hydrogens is 438 g/mol. The lowest BCUT2D eigenvalue weighted by Gasteiger charge is -2.41. The van der Waals surface area contributed by atoms with E-state index in [4.69, 9.17) is 0 Å². The highest BCUT2D eigenvalue weighted by atomic mass is 32.2. The van der Waals surface area contributed by atoms with Gasteiger partial charge in [0, 0.05) is 29.7 Å². The van der Waals surface area contributed by atoms with E-state index in [2.05, 4.69) is 15.7 Å². The van der Waals surface area contributed by atoms with Crippen molar-refractivity contribution in [3.8, 4) is 0 Å². The summed E-state index contributed by atoms with van der Waals surface area (Å²) in [6.45, 7) is 1.95. The lowest BCUT2D eigenvalue weighted by Crippen LogP contribution is -2.63. The van der Waals surface area contributed by atoms with Gasteiger partial charge in [-0.15, -0.1) is 11.8 Å². The minimum atomic E-state index is -1.08. The summed E-state index contributed by atoms with van der Waals surface area (Å²) in [5.41, 5.74) is 0.0342. The number of fused-ring (bicyclic) bond motifs is 1. The van der Waals surface area contributed by atoms with Crippen LogP contribution in [0, 0.1) is 0 Å². The molecule has 4 rings (SSSR count). The SMILES string of the molecule is CSc1cccc(NC(=O)c2cc3n(n2)CC(C)(C(=O)NC2CCCCCC2)N(C)C3=O)c1. The number of aromatic nitrogens is 2. The quantitative estimate of drug-likeness (QED) is 0.516. The highest BCUT2D eigenvalue weighted by Gasteiger charge is 2.46. The van der Waals surface area contributed by atoms with Gasteiger partial charge in [-0.05, 0) is 44.2 Å². The Bertz CT molecular complexity index is 1060. The van der Waals surface area contributed by atoms with Crippen LogP contribution in [0.3, 0.4) is 0 Å². The van der Waals surface area contributed by atoms with Gasteiger partial charge in [0.05, 0.1) is 6.54 Å². The number of carbonyl (C=O) groups excluding carboxylic acids is 3. The van der Waals surface area contributed by atoms with Crippen molar-refractivity contribution in [3.05, 3.63) is 41.7 Å². The molecular formula is C24H31N5O3S. The molecule has 2 aliphatic rings. The van der Waals surface area contributed by atoms with Gasteiger partial charge in [0.2, 0.25) is 5.91 Å². The zero-order chi connectivity index (χ0) is 23.6. The van der Waals surface area contributed by atoms with Crippen LogP contribution < -0.4 is 10.6 Å². The number of benzene rings is 1. The number of hydrogen-bond donors (Lipinski definition) is 2. The maximum Gasteiger partial charge on any atom is 0.276 e. The molecule has 1 unspecified atom stereocenters. The number of nitrogens with zero attached hydrogens (tertiary/aromatic N) is 3. The fraction of sp³-hybridized carbons (Fsp3) is 0.500. The molecule has 0 bridgehead atoms. The summed E-state index contributed by atoms with van der Waals surface area (Å²) >= 11 is 1.59. The molecule has 3 amide bonds. The van der Waals surface area contributed by atoms with Crippen LogP contribution >= 0.6 is 11.8 Å². The summed E-state index contributed by atoms with van der Waals surface area (Å²) in [5, 5.41) is 10.4. The van der Waals surface area contributed by atoms with Crippen molar-refractivity contribution in [1.29, 1.82) is 0 Å². The lowest BCUT2D eigenvalue weighted by molar-refractivity contribution is -0.133. The van der Waals surface area contributed by atoms with Crippen LogP contribution in [0.1, 0.15) is 66.4 Å². The number of carbonyl (C=O) groups is 3. The van der Waals surface area contributed by atoms with Crippen molar-refractivity contribution in [2.24, 2.45) is 0 Å². The van der Waals surface area contributed by atoms with E-state index in [0.29, 0.717) is 11.4 Å². The molecule has 1 atom stereocenters. The normalized spacial score (nSPS) is 21.3. The van der Waals surface area contributed by atoms with Gasteiger partial charge in [0.1, 0.15) is 11.2 Å². The Morgan fingerprint density at radius 3 is 2.58 bits per heavy atom. The molecule has 1 aromatic heterocycles. The molecule has 2 aromatic rings. The molecule has 0 radical (unpaired) electrons. The predicted molar refractivity (Wildman–Crippen MR) is 129 cm³/mol. The maximum atomic E-state index is 13.3. The third-order valence-corrected chi connectivity index (χ3v) is 7.47. The van der Waals surface area contributed by atoms with Crippen molar-refractivity contribution in [3.63, 3.8) is 0 Å². The number of amides is 3. The first-order chi connectivity index (χ1) is 15.8. The van der Waals surface area contributed by atoms with Gasteiger partial charge >= 0.3 is 0 Å². The number of hydrogen-bond acceptors (Lipinski definition) is 5. The summed E-state index contributed by atoms with van der Waals surface area (Å²) in [6.07, 6.45) is 8.52. The molecule has 2 N–H and O–H groups in total. The third-order valence-electron chi connectivity index (χ3n) is 6.74. The monoisotopic (exact) mass is 469 g/mol. The molecule has 176 valence electrons. The van der Waals surface area contributed by atoms with Crippen molar-refractivity contribution in [2.75, 3.05) is 18.6 Å². The first kappa shape index (κ1) is 23.4. The van der Waals surface area contributed by atoms with E-state index < -0.39 is 11.4 Å². The molecule has 1 saturated carbocycles. The smallest absolute Gasteiger partial charge is 0.276 e. The maximum absolute atomic E-state index is 13.3. The number of thioether (sulfide) groups is 1. The first-order valence-electron chi connectivity index (χ1n) is 11.4. The number of anilines is 1. The van der Waals surface area contributed by atoms with Gasteiger partial charge in [0.25, 0.3) is 11.8 Å². The van der Waals surface area contributed by atoms with Gasteiger partial charge in [-0.25, -0.2) is 0 Å². The van der Waals surface area contributed by atoms with Crippen LogP contribution in [0.4, 0.5) is 5.69 Å². The Labute approximate surface area is 198 Å². The van der Waals surface area contributed by atoms with Crippen LogP contribution in [-0.4, -0.2) is 57.3 Å². The van der Waals surface area contributed by atoms with Crippen LogP contribution in [0.5, 0.6) is 0 Å². The molecule has 9 heteroatoms. The van der Waals surface area contributed by atoms with E-state index in [0.717, 1.165) is 30.6 Å². The standard InChI is InChI=1S/C24H31N5O3S/c1-24(23(32)26-16-9-6-4-5-7-10-16)15-29-20(22(31)28(24)2)14-19(27-29)21(30)25-17-11-8-12-18(13-17)33-3/h8,11-14,16H,4-7,9-10,15H2,1-3H3,(H,25,30)(H,26,32).